The molecule has 6 nitrogen and oxygen atoms in total. The van der Waals surface area contributed by atoms with E-state index in [0.29, 0.717) is 25.5 Å². The first-order chi connectivity index (χ1) is 14.1. The van der Waals surface area contributed by atoms with Gasteiger partial charge in [-0.25, -0.2) is 4.98 Å². The van der Waals surface area contributed by atoms with Crippen LogP contribution in [0.5, 0.6) is 5.75 Å². The van der Waals surface area contributed by atoms with Crippen LogP contribution in [0.2, 0.25) is 0 Å². The highest BCUT2D eigenvalue weighted by molar-refractivity contribution is 5.91. The highest BCUT2D eigenvalue weighted by Gasteiger charge is 2.18. The predicted octanol–water partition coefficient (Wildman–Crippen LogP) is 4.29. The third-order valence-electron chi connectivity index (χ3n) is 4.80. The zero-order chi connectivity index (χ0) is 20.2. The number of furan rings is 1. The van der Waals surface area contributed by atoms with Gasteiger partial charge in [-0.1, -0.05) is 29.8 Å². The van der Waals surface area contributed by atoms with Crippen LogP contribution in [0.4, 0.5) is 0 Å². The highest BCUT2D eigenvalue weighted by Crippen LogP contribution is 2.19. The van der Waals surface area contributed by atoms with Crippen molar-refractivity contribution in [2.75, 3.05) is 13.7 Å². The summed E-state index contributed by atoms with van der Waals surface area (Å²) in [5, 5.41) is 0. The minimum absolute atomic E-state index is 0.176. The van der Waals surface area contributed by atoms with Crippen LogP contribution in [0, 0.1) is 6.92 Å². The number of imidazole rings is 1. The third kappa shape index (κ3) is 4.16. The fourth-order valence-electron chi connectivity index (χ4n) is 3.26. The van der Waals surface area contributed by atoms with Gasteiger partial charge in [0.25, 0.3) is 5.91 Å². The molecular formula is C23H23N3O3. The number of carbonyl (C=O) groups excluding carboxylic acids is 1. The molecule has 0 N–H and O–H groups in total. The van der Waals surface area contributed by atoms with Gasteiger partial charge in [0.2, 0.25) is 0 Å². The van der Waals surface area contributed by atoms with Gasteiger partial charge in [-0.15, -0.1) is 0 Å². The molecule has 29 heavy (non-hydrogen) atoms. The first-order valence-electron chi connectivity index (χ1n) is 9.54. The number of rotatable bonds is 7. The standard InChI is InChI=1S/C23H23N3O3/c1-17-9-11-18(12-10-17)28-15-13-26-20-7-4-3-6-19(20)24-22(26)16-25(2)23(27)21-8-5-14-29-21/h3-12,14H,13,15-16H2,1-2H3. The average Bonchev–Trinajstić information content (AvgIpc) is 3.37. The Labute approximate surface area is 169 Å². The molecule has 0 aliphatic heterocycles. The largest absolute Gasteiger partial charge is 0.492 e. The number of nitrogens with zero attached hydrogens (tertiary/aromatic N) is 3. The molecule has 0 aliphatic carbocycles. The lowest BCUT2D eigenvalue weighted by Gasteiger charge is -2.17. The van der Waals surface area contributed by atoms with E-state index in [1.54, 1.807) is 24.1 Å². The minimum atomic E-state index is -0.176. The van der Waals surface area contributed by atoms with Crippen molar-refractivity contribution in [3.05, 3.63) is 84.1 Å². The van der Waals surface area contributed by atoms with E-state index in [-0.39, 0.29) is 5.91 Å². The Morgan fingerprint density at radius 3 is 2.66 bits per heavy atom. The molecule has 0 saturated carbocycles. The molecule has 0 fully saturated rings. The van der Waals surface area contributed by atoms with Crippen LogP contribution in [0.3, 0.4) is 0 Å². The SMILES string of the molecule is Cc1ccc(OCCn2c(CN(C)C(=O)c3ccco3)nc3ccccc32)cc1. The maximum Gasteiger partial charge on any atom is 0.289 e. The number of fused-ring (bicyclic) bond motifs is 1. The van der Waals surface area contributed by atoms with E-state index in [2.05, 4.69) is 4.57 Å². The molecule has 0 radical (unpaired) electrons. The number of hydrogen-bond donors (Lipinski definition) is 0. The highest BCUT2D eigenvalue weighted by atomic mass is 16.5. The van der Waals surface area contributed by atoms with Crippen molar-refractivity contribution in [3.63, 3.8) is 0 Å². The lowest BCUT2D eigenvalue weighted by molar-refractivity contribution is 0.0748. The summed E-state index contributed by atoms with van der Waals surface area (Å²) in [7, 11) is 1.75. The summed E-state index contributed by atoms with van der Waals surface area (Å²) in [6.07, 6.45) is 1.50. The Balaban J connectivity index is 1.52. The molecule has 0 bridgehead atoms. The quantitative estimate of drug-likeness (QED) is 0.473. The molecule has 148 valence electrons. The number of para-hydroxylation sites is 2. The first kappa shape index (κ1) is 18.8. The van der Waals surface area contributed by atoms with Crippen LogP contribution >= 0.6 is 0 Å². The average molecular weight is 389 g/mol. The van der Waals surface area contributed by atoms with E-state index in [1.807, 2.05) is 55.5 Å². The number of carbonyl (C=O) groups is 1. The Kier molecular flexibility index (Phi) is 5.33. The molecule has 0 atom stereocenters. The van der Waals surface area contributed by atoms with Gasteiger partial charge in [-0.05, 0) is 43.3 Å². The van der Waals surface area contributed by atoms with Crippen molar-refractivity contribution in [2.24, 2.45) is 0 Å². The monoisotopic (exact) mass is 389 g/mol. The zero-order valence-electron chi connectivity index (χ0n) is 16.5. The van der Waals surface area contributed by atoms with E-state index in [9.17, 15) is 4.79 Å². The van der Waals surface area contributed by atoms with E-state index < -0.39 is 0 Å². The van der Waals surface area contributed by atoms with Crippen molar-refractivity contribution in [3.8, 4) is 5.75 Å². The van der Waals surface area contributed by atoms with Crippen molar-refractivity contribution < 1.29 is 13.9 Å². The number of hydrogen-bond acceptors (Lipinski definition) is 4. The number of ether oxygens (including phenoxy) is 1. The molecule has 0 unspecified atom stereocenters. The first-order valence-corrected chi connectivity index (χ1v) is 9.54. The summed E-state index contributed by atoms with van der Waals surface area (Å²) in [5.74, 6) is 1.79. The fourth-order valence-corrected chi connectivity index (χ4v) is 3.26. The summed E-state index contributed by atoms with van der Waals surface area (Å²) in [5.41, 5.74) is 3.12. The Morgan fingerprint density at radius 1 is 1.10 bits per heavy atom. The summed E-state index contributed by atoms with van der Waals surface area (Å²) < 4.78 is 13.2. The Hall–Kier alpha value is -3.54. The number of aromatic nitrogens is 2. The molecule has 1 amide bonds. The normalized spacial score (nSPS) is 11.0. The number of benzene rings is 2. The van der Waals surface area contributed by atoms with Gasteiger partial charge in [-0.2, -0.15) is 0 Å². The molecule has 0 aliphatic rings. The second kappa shape index (κ2) is 8.22. The summed E-state index contributed by atoms with van der Waals surface area (Å²) in [6.45, 7) is 3.56. The number of amides is 1. The van der Waals surface area contributed by atoms with Crippen molar-refractivity contribution >= 4 is 16.9 Å². The van der Waals surface area contributed by atoms with Crippen LogP contribution < -0.4 is 4.74 Å². The van der Waals surface area contributed by atoms with E-state index in [0.717, 1.165) is 22.6 Å². The summed E-state index contributed by atoms with van der Waals surface area (Å²) >= 11 is 0. The molecule has 2 heterocycles. The third-order valence-corrected chi connectivity index (χ3v) is 4.80. The van der Waals surface area contributed by atoms with E-state index in [1.165, 1.54) is 11.8 Å². The van der Waals surface area contributed by atoms with Crippen LogP contribution in [0.15, 0.2) is 71.3 Å². The van der Waals surface area contributed by atoms with Gasteiger partial charge >= 0.3 is 0 Å². The molecular weight excluding hydrogens is 366 g/mol. The zero-order valence-corrected chi connectivity index (χ0v) is 16.5. The molecule has 4 aromatic rings. The van der Waals surface area contributed by atoms with Crippen LogP contribution in [0.1, 0.15) is 21.9 Å². The molecule has 6 heteroatoms. The van der Waals surface area contributed by atoms with Gasteiger partial charge in [0.05, 0.1) is 30.4 Å². The van der Waals surface area contributed by atoms with Crippen LogP contribution in [-0.4, -0.2) is 34.0 Å². The molecule has 0 saturated heterocycles. The molecule has 4 rings (SSSR count). The van der Waals surface area contributed by atoms with Gasteiger partial charge in [0.15, 0.2) is 5.76 Å². The smallest absolute Gasteiger partial charge is 0.289 e. The maximum atomic E-state index is 12.5. The molecule has 2 aromatic carbocycles. The van der Waals surface area contributed by atoms with E-state index in [4.69, 9.17) is 14.1 Å². The second-order valence-electron chi connectivity index (χ2n) is 6.97. The van der Waals surface area contributed by atoms with Crippen LogP contribution in [0.25, 0.3) is 11.0 Å². The fraction of sp³-hybridized carbons (Fsp3) is 0.217. The minimum Gasteiger partial charge on any atom is -0.492 e. The topological polar surface area (TPSA) is 60.5 Å². The second-order valence-corrected chi connectivity index (χ2v) is 6.97. The van der Waals surface area contributed by atoms with E-state index >= 15 is 0 Å². The van der Waals surface area contributed by atoms with Crippen molar-refractivity contribution in [1.82, 2.24) is 14.5 Å². The van der Waals surface area contributed by atoms with Crippen LogP contribution in [-0.2, 0) is 13.1 Å². The van der Waals surface area contributed by atoms with Gasteiger partial charge in [-0.3, -0.25) is 4.79 Å². The molecule has 2 aromatic heterocycles. The van der Waals surface area contributed by atoms with Gasteiger partial charge in [0, 0.05) is 7.05 Å². The summed E-state index contributed by atoms with van der Waals surface area (Å²) in [6, 6.07) is 19.3. The van der Waals surface area contributed by atoms with Gasteiger partial charge < -0.3 is 18.6 Å². The van der Waals surface area contributed by atoms with Crippen molar-refractivity contribution in [1.29, 1.82) is 0 Å². The lowest BCUT2D eigenvalue weighted by atomic mass is 10.2. The van der Waals surface area contributed by atoms with Gasteiger partial charge in [0.1, 0.15) is 18.2 Å². The Morgan fingerprint density at radius 2 is 1.90 bits per heavy atom. The predicted molar refractivity (Wildman–Crippen MR) is 111 cm³/mol. The maximum absolute atomic E-state index is 12.5. The Bertz CT molecular complexity index is 1100. The summed E-state index contributed by atoms with van der Waals surface area (Å²) in [4.78, 5) is 18.9. The molecule has 0 spiro atoms. The number of aryl methyl sites for hydroxylation is 1. The van der Waals surface area contributed by atoms with Crippen molar-refractivity contribution in [2.45, 2.75) is 20.0 Å². The lowest BCUT2D eigenvalue weighted by Crippen LogP contribution is -2.27.